The Bertz CT molecular complexity index is 596. The van der Waals surface area contributed by atoms with Gasteiger partial charge in [-0.2, -0.15) is 0 Å². The maximum Gasteiger partial charge on any atom is 0.211 e. The van der Waals surface area contributed by atoms with Gasteiger partial charge in [0.05, 0.1) is 5.92 Å². The molecule has 1 atom stereocenters. The third-order valence-corrected chi connectivity index (χ3v) is 3.32. The predicted molar refractivity (Wildman–Crippen MR) is 77.6 cm³/mol. The summed E-state index contributed by atoms with van der Waals surface area (Å²) in [5.74, 6) is -0.203. The summed E-state index contributed by atoms with van der Waals surface area (Å²) >= 11 is 0. The fourth-order valence-corrected chi connectivity index (χ4v) is 2.35. The van der Waals surface area contributed by atoms with Gasteiger partial charge in [-0.05, 0) is 25.0 Å². The van der Waals surface area contributed by atoms with Crippen molar-refractivity contribution in [2.75, 3.05) is 6.54 Å². The molecule has 0 aliphatic rings. The van der Waals surface area contributed by atoms with Crippen LogP contribution in [0.2, 0.25) is 0 Å². The van der Waals surface area contributed by atoms with E-state index in [9.17, 15) is 15.2 Å². The second-order valence-corrected chi connectivity index (χ2v) is 4.96. The summed E-state index contributed by atoms with van der Waals surface area (Å²) in [7, 11) is 0. The van der Waals surface area contributed by atoms with E-state index in [0.717, 1.165) is 11.1 Å². The van der Waals surface area contributed by atoms with Crippen LogP contribution >= 0.6 is 0 Å². The third-order valence-electron chi connectivity index (χ3n) is 3.32. The van der Waals surface area contributed by atoms with E-state index in [1.165, 1.54) is 0 Å². The normalized spacial score (nSPS) is 12.1. The number of aromatic hydroxyl groups is 1. The molecule has 0 saturated carbocycles. The molecule has 2 aromatic carbocycles. The number of rotatable bonds is 5. The summed E-state index contributed by atoms with van der Waals surface area (Å²) in [6.45, 7) is 1.72. The van der Waals surface area contributed by atoms with Crippen molar-refractivity contribution in [2.45, 2.75) is 19.3 Å². The summed E-state index contributed by atoms with van der Waals surface area (Å²) in [6, 6.07) is 14.8. The summed E-state index contributed by atoms with van der Waals surface area (Å²) in [6.07, 6.45) is 0.541. The van der Waals surface area contributed by atoms with Gasteiger partial charge in [0.25, 0.3) is 0 Å². The first kappa shape index (κ1) is 14.1. The smallest absolute Gasteiger partial charge is 0.211 e. The summed E-state index contributed by atoms with van der Waals surface area (Å²) in [5.41, 5.74) is 2.66. The summed E-state index contributed by atoms with van der Waals surface area (Å²) < 4.78 is 0. The quantitative estimate of drug-likeness (QED) is 0.670. The molecule has 0 unspecified atom stereocenters. The molecular formula is C16H17NO3. The topological polar surface area (TPSA) is 63.4 Å². The van der Waals surface area contributed by atoms with E-state index in [0.29, 0.717) is 12.0 Å². The largest absolute Gasteiger partial charge is 0.508 e. The number of nitrogens with zero attached hydrogens (tertiary/aromatic N) is 1. The van der Waals surface area contributed by atoms with Crippen molar-refractivity contribution in [3.05, 3.63) is 75.3 Å². The van der Waals surface area contributed by atoms with E-state index in [1.807, 2.05) is 43.3 Å². The van der Waals surface area contributed by atoms with Crippen molar-refractivity contribution in [2.24, 2.45) is 0 Å². The molecule has 104 valence electrons. The maximum atomic E-state index is 10.9. The zero-order valence-corrected chi connectivity index (χ0v) is 11.3. The van der Waals surface area contributed by atoms with Gasteiger partial charge >= 0.3 is 0 Å². The number of hydrogen-bond donors (Lipinski definition) is 1. The second kappa shape index (κ2) is 6.19. The SMILES string of the molecule is Cc1ccc(O)c([C@H](Cc2ccccc2)C[N+](=O)[O-])c1. The molecule has 0 bridgehead atoms. The van der Waals surface area contributed by atoms with Gasteiger partial charge in [0.15, 0.2) is 0 Å². The molecule has 0 spiro atoms. The first-order chi connectivity index (χ1) is 9.56. The lowest BCUT2D eigenvalue weighted by molar-refractivity contribution is -0.483. The second-order valence-electron chi connectivity index (χ2n) is 4.96. The molecule has 4 nitrogen and oxygen atoms in total. The molecule has 4 heteroatoms. The van der Waals surface area contributed by atoms with Crippen LogP contribution in [-0.2, 0) is 6.42 Å². The molecule has 0 aliphatic heterocycles. The molecule has 0 amide bonds. The van der Waals surface area contributed by atoms with Gasteiger partial charge in [-0.1, -0.05) is 48.0 Å². The Morgan fingerprint density at radius 2 is 1.90 bits per heavy atom. The van der Waals surface area contributed by atoms with Crippen LogP contribution < -0.4 is 0 Å². The molecule has 0 fully saturated rings. The highest BCUT2D eigenvalue weighted by molar-refractivity contribution is 5.39. The minimum atomic E-state index is -0.327. The fraction of sp³-hybridized carbons (Fsp3) is 0.250. The van der Waals surface area contributed by atoms with Crippen LogP contribution in [0.1, 0.15) is 22.6 Å². The number of phenolic OH excluding ortho intramolecular Hbond substituents is 1. The van der Waals surface area contributed by atoms with E-state index in [4.69, 9.17) is 0 Å². The van der Waals surface area contributed by atoms with Crippen LogP contribution in [0.15, 0.2) is 48.5 Å². The molecule has 0 aromatic heterocycles. The van der Waals surface area contributed by atoms with E-state index in [1.54, 1.807) is 12.1 Å². The van der Waals surface area contributed by atoms with E-state index in [-0.39, 0.29) is 23.1 Å². The molecular weight excluding hydrogens is 254 g/mol. The van der Waals surface area contributed by atoms with Crippen molar-refractivity contribution in [3.63, 3.8) is 0 Å². The van der Waals surface area contributed by atoms with Crippen molar-refractivity contribution in [1.82, 2.24) is 0 Å². The fourth-order valence-electron chi connectivity index (χ4n) is 2.35. The molecule has 0 aliphatic carbocycles. The van der Waals surface area contributed by atoms with Crippen LogP contribution in [0.25, 0.3) is 0 Å². The summed E-state index contributed by atoms with van der Waals surface area (Å²) in [4.78, 5) is 10.6. The lowest BCUT2D eigenvalue weighted by atomic mass is 9.90. The zero-order chi connectivity index (χ0) is 14.5. The van der Waals surface area contributed by atoms with Crippen LogP contribution in [-0.4, -0.2) is 16.6 Å². The Kier molecular flexibility index (Phi) is 4.35. The van der Waals surface area contributed by atoms with E-state index < -0.39 is 0 Å². The maximum absolute atomic E-state index is 10.9. The highest BCUT2D eigenvalue weighted by Gasteiger charge is 2.21. The number of benzene rings is 2. The van der Waals surface area contributed by atoms with Gasteiger partial charge in [-0.25, -0.2) is 0 Å². The Morgan fingerprint density at radius 3 is 2.55 bits per heavy atom. The van der Waals surface area contributed by atoms with Crippen molar-refractivity contribution in [1.29, 1.82) is 0 Å². The number of hydrogen-bond acceptors (Lipinski definition) is 3. The lowest BCUT2D eigenvalue weighted by Crippen LogP contribution is -2.15. The average Bonchev–Trinajstić information content (AvgIpc) is 2.41. The predicted octanol–water partition coefficient (Wildman–Crippen LogP) is 3.30. The highest BCUT2D eigenvalue weighted by atomic mass is 16.6. The molecule has 20 heavy (non-hydrogen) atoms. The molecule has 2 aromatic rings. The molecule has 0 heterocycles. The minimum absolute atomic E-state index is 0.124. The summed E-state index contributed by atoms with van der Waals surface area (Å²) in [5, 5.41) is 20.9. The number of nitro groups is 1. The number of aryl methyl sites for hydroxylation is 1. The van der Waals surface area contributed by atoms with Crippen molar-refractivity contribution >= 4 is 0 Å². The highest BCUT2D eigenvalue weighted by Crippen LogP contribution is 2.29. The average molecular weight is 271 g/mol. The van der Waals surface area contributed by atoms with Crippen LogP contribution in [0.5, 0.6) is 5.75 Å². The molecule has 0 saturated heterocycles. The Balaban J connectivity index is 2.32. The number of phenols is 1. The Labute approximate surface area is 117 Å². The van der Waals surface area contributed by atoms with Gasteiger partial charge in [-0.15, -0.1) is 0 Å². The Morgan fingerprint density at radius 1 is 1.20 bits per heavy atom. The van der Waals surface area contributed by atoms with Gasteiger partial charge in [0.2, 0.25) is 6.54 Å². The van der Waals surface area contributed by atoms with Gasteiger partial charge in [0, 0.05) is 10.5 Å². The van der Waals surface area contributed by atoms with Gasteiger partial charge < -0.3 is 5.11 Å². The molecule has 0 radical (unpaired) electrons. The zero-order valence-electron chi connectivity index (χ0n) is 11.3. The first-order valence-corrected chi connectivity index (χ1v) is 6.51. The van der Waals surface area contributed by atoms with Gasteiger partial charge in [0.1, 0.15) is 5.75 Å². The minimum Gasteiger partial charge on any atom is -0.508 e. The van der Waals surface area contributed by atoms with Crippen LogP contribution in [0, 0.1) is 17.0 Å². The molecule has 2 rings (SSSR count). The van der Waals surface area contributed by atoms with E-state index >= 15 is 0 Å². The van der Waals surface area contributed by atoms with E-state index in [2.05, 4.69) is 0 Å². The van der Waals surface area contributed by atoms with Crippen LogP contribution in [0.4, 0.5) is 0 Å². The third kappa shape index (κ3) is 3.57. The van der Waals surface area contributed by atoms with Crippen molar-refractivity contribution in [3.8, 4) is 5.75 Å². The molecule has 1 N–H and O–H groups in total. The van der Waals surface area contributed by atoms with Crippen molar-refractivity contribution < 1.29 is 10.0 Å². The first-order valence-electron chi connectivity index (χ1n) is 6.51. The Hall–Kier alpha value is -2.36. The lowest BCUT2D eigenvalue weighted by Gasteiger charge is -2.15. The van der Waals surface area contributed by atoms with Gasteiger partial charge in [-0.3, -0.25) is 10.1 Å². The monoisotopic (exact) mass is 271 g/mol. The van der Waals surface area contributed by atoms with Crippen LogP contribution in [0.3, 0.4) is 0 Å². The standard InChI is InChI=1S/C16H17NO3/c1-12-7-8-16(18)15(9-12)14(11-17(19)20)10-13-5-3-2-4-6-13/h2-9,14,18H,10-11H2,1H3/t14-/m1/s1.